The van der Waals surface area contributed by atoms with Crippen LogP contribution in [0.2, 0.25) is 0 Å². The lowest BCUT2D eigenvalue weighted by molar-refractivity contribution is 0.0907. The van der Waals surface area contributed by atoms with Crippen LogP contribution < -0.4 is 5.32 Å². The van der Waals surface area contributed by atoms with Crippen molar-refractivity contribution >= 4 is 41.3 Å². The molecule has 7 heteroatoms. The lowest BCUT2D eigenvalue weighted by Gasteiger charge is -2.21. The second-order valence-corrected chi connectivity index (χ2v) is 8.35. The number of guanidine groups is 1. The normalized spacial score (nSPS) is 16.9. The van der Waals surface area contributed by atoms with Crippen LogP contribution in [0.3, 0.4) is 0 Å². The molecule has 1 aromatic carbocycles. The lowest BCUT2D eigenvalue weighted by Crippen LogP contribution is -2.41. The van der Waals surface area contributed by atoms with Crippen molar-refractivity contribution < 1.29 is 4.74 Å². The highest BCUT2D eigenvalue weighted by Gasteiger charge is 2.24. The molecule has 0 aliphatic carbocycles. The van der Waals surface area contributed by atoms with Crippen molar-refractivity contribution in [2.45, 2.75) is 33.3 Å². The van der Waals surface area contributed by atoms with Gasteiger partial charge in [-0.3, -0.25) is 4.99 Å². The summed E-state index contributed by atoms with van der Waals surface area (Å²) in [6.07, 6.45) is 2.15. The molecule has 1 aliphatic rings. The molecule has 3 rings (SSSR count). The van der Waals surface area contributed by atoms with Crippen molar-refractivity contribution in [3.63, 3.8) is 0 Å². The Labute approximate surface area is 189 Å². The second kappa shape index (κ2) is 11.7. The molecule has 1 fully saturated rings. The fraction of sp³-hybridized carbons (Fsp3) is 0.524. The molecule has 154 valence electrons. The fourth-order valence-corrected chi connectivity index (χ4v) is 4.44. The Hall–Kier alpha value is -1.19. The van der Waals surface area contributed by atoms with E-state index in [0.717, 1.165) is 55.7 Å². The van der Waals surface area contributed by atoms with Crippen LogP contribution >= 0.6 is 35.3 Å². The van der Waals surface area contributed by atoms with E-state index in [4.69, 9.17) is 4.74 Å². The number of thiazole rings is 1. The summed E-state index contributed by atoms with van der Waals surface area (Å²) in [5.41, 5.74) is 2.39. The SMILES string of the molecule is CN=C(NCCc1sc(C)nc1C)N1CCC(COCc2ccccc2)C1.I. The number of rotatable bonds is 7. The van der Waals surface area contributed by atoms with E-state index in [0.29, 0.717) is 12.5 Å². The molecule has 1 saturated heterocycles. The van der Waals surface area contributed by atoms with E-state index in [1.807, 2.05) is 13.1 Å². The number of likely N-dealkylation sites (tertiary alicyclic amines) is 1. The summed E-state index contributed by atoms with van der Waals surface area (Å²) in [6, 6.07) is 10.4. The number of hydrogen-bond donors (Lipinski definition) is 1. The zero-order valence-corrected chi connectivity index (χ0v) is 20.1. The Balaban J connectivity index is 0.00000280. The minimum absolute atomic E-state index is 0. The van der Waals surface area contributed by atoms with Crippen LogP contribution in [0.5, 0.6) is 0 Å². The first-order valence-electron chi connectivity index (χ1n) is 9.66. The monoisotopic (exact) mass is 514 g/mol. The molecule has 1 aliphatic heterocycles. The van der Waals surface area contributed by atoms with E-state index in [1.165, 1.54) is 10.4 Å². The maximum atomic E-state index is 5.93. The molecule has 0 radical (unpaired) electrons. The van der Waals surface area contributed by atoms with Gasteiger partial charge in [-0.1, -0.05) is 30.3 Å². The van der Waals surface area contributed by atoms with Gasteiger partial charge in [0.1, 0.15) is 0 Å². The van der Waals surface area contributed by atoms with Crippen LogP contribution in [0.25, 0.3) is 0 Å². The van der Waals surface area contributed by atoms with Crippen molar-refractivity contribution in [2.75, 3.05) is 33.3 Å². The van der Waals surface area contributed by atoms with Gasteiger partial charge in [0.15, 0.2) is 5.96 Å². The van der Waals surface area contributed by atoms with Gasteiger partial charge >= 0.3 is 0 Å². The van der Waals surface area contributed by atoms with Crippen LogP contribution in [-0.4, -0.2) is 49.1 Å². The van der Waals surface area contributed by atoms with Crippen LogP contribution in [0, 0.1) is 19.8 Å². The predicted molar refractivity (Wildman–Crippen MR) is 128 cm³/mol. The second-order valence-electron chi connectivity index (χ2n) is 7.07. The van der Waals surface area contributed by atoms with E-state index >= 15 is 0 Å². The summed E-state index contributed by atoms with van der Waals surface area (Å²) in [6.45, 7) is 8.59. The van der Waals surface area contributed by atoms with Gasteiger partial charge in [0.05, 0.1) is 23.9 Å². The number of hydrogen-bond acceptors (Lipinski definition) is 4. The average Bonchev–Trinajstić information content (AvgIpc) is 3.26. The highest BCUT2D eigenvalue weighted by molar-refractivity contribution is 14.0. The van der Waals surface area contributed by atoms with E-state index in [9.17, 15) is 0 Å². The zero-order valence-electron chi connectivity index (χ0n) is 17.0. The van der Waals surface area contributed by atoms with E-state index < -0.39 is 0 Å². The number of halogens is 1. The van der Waals surface area contributed by atoms with Gasteiger partial charge < -0.3 is 15.0 Å². The Bertz CT molecular complexity index is 750. The van der Waals surface area contributed by atoms with Crippen molar-refractivity contribution in [2.24, 2.45) is 10.9 Å². The summed E-state index contributed by atoms with van der Waals surface area (Å²) in [5.74, 6) is 1.57. The molecule has 0 saturated carbocycles. The summed E-state index contributed by atoms with van der Waals surface area (Å²) < 4.78 is 5.93. The predicted octanol–water partition coefficient (Wildman–Crippen LogP) is 4.03. The van der Waals surface area contributed by atoms with E-state index in [2.05, 4.69) is 58.3 Å². The number of aryl methyl sites for hydroxylation is 2. The highest BCUT2D eigenvalue weighted by atomic mass is 127. The molecule has 1 N–H and O–H groups in total. The Morgan fingerprint density at radius 3 is 2.79 bits per heavy atom. The molecule has 0 amide bonds. The lowest BCUT2D eigenvalue weighted by atomic mass is 10.1. The Morgan fingerprint density at radius 1 is 1.32 bits per heavy atom. The van der Waals surface area contributed by atoms with Gasteiger partial charge in [0.25, 0.3) is 0 Å². The van der Waals surface area contributed by atoms with Crippen LogP contribution in [0.15, 0.2) is 35.3 Å². The van der Waals surface area contributed by atoms with Crippen molar-refractivity contribution in [3.05, 3.63) is 51.5 Å². The van der Waals surface area contributed by atoms with Gasteiger partial charge in [-0.15, -0.1) is 35.3 Å². The third kappa shape index (κ3) is 6.70. The first-order valence-corrected chi connectivity index (χ1v) is 10.5. The third-order valence-electron chi connectivity index (χ3n) is 4.90. The van der Waals surface area contributed by atoms with Gasteiger partial charge in [-0.05, 0) is 25.8 Å². The number of benzene rings is 1. The summed E-state index contributed by atoms with van der Waals surface area (Å²) in [7, 11) is 1.86. The number of aromatic nitrogens is 1. The third-order valence-corrected chi connectivity index (χ3v) is 6.03. The molecule has 0 spiro atoms. The summed E-state index contributed by atoms with van der Waals surface area (Å²) in [5, 5.41) is 4.66. The van der Waals surface area contributed by atoms with Gasteiger partial charge in [0, 0.05) is 43.9 Å². The maximum Gasteiger partial charge on any atom is 0.193 e. The van der Waals surface area contributed by atoms with Crippen LogP contribution in [-0.2, 0) is 17.8 Å². The summed E-state index contributed by atoms with van der Waals surface area (Å²) in [4.78, 5) is 12.7. The van der Waals surface area contributed by atoms with Crippen molar-refractivity contribution in [3.8, 4) is 0 Å². The Morgan fingerprint density at radius 2 is 2.11 bits per heavy atom. The number of aliphatic imine (C=N–C) groups is 1. The molecular weight excluding hydrogens is 483 g/mol. The van der Waals surface area contributed by atoms with E-state index in [1.54, 1.807) is 11.3 Å². The molecule has 1 unspecified atom stereocenters. The minimum Gasteiger partial charge on any atom is -0.376 e. The van der Waals surface area contributed by atoms with Gasteiger partial charge in [-0.25, -0.2) is 4.98 Å². The van der Waals surface area contributed by atoms with Gasteiger partial charge in [-0.2, -0.15) is 0 Å². The largest absolute Gasteiger partial charge is 0.376 e. The highest BCUT2D eigenvalue weighted by Crippen LogP contribution is 2.19. The molecule has 1 aromatic heterocycles. The van der Waals surface area contributed by atoms with Crippen LogP contribution in [0.1, 0.15) is 27.6 Å². The molecular formula is C21H31IN4OS. The number of nitrogens with zero attached hydrogens (tertiary/aromatic N) is 3. The first kappa shape index (κ1) is 23.1. The first-order chi connectivity index (χ1) is 13.2. The molecule has 0 bridgehead atoms. The van der Waals surface area contributed by atoms with Crippen molar-refractivity contribution in [1.29, 1.82) is 0 Å². The standard InChI is InChI=1S/C21H30N4OS.HI/c1-16-20(27-17(2)24-16)9-11-23-21(22-3)25-12-10-19(13-25)15-26-14-18-7-5-4-6-8-18;/h4-8,19H,9-15H2,1-3H3,(H,22,23);1H. The van der Waals surface area contributed by atoms with Gasteiger partial charge in [0.2, 0.25) is 0 Å². The smallest absolute Gasteiger partial charge is 0.193 e. The molecule has 1 atom stereocenters. The molecule has 28 heavy (non-hydrogen) atoms. The number of ether oxygens (including phenoxy) is 1. The maximum absolute atomic E-state index is 5.93. The summed E-state index contributed by atoms with van der Waals surface area (Å²) >= 11 is 1.79. The molecule has 2 aromatic rings. The Kier molecular flexibility index (Phi) is 9.67. The average molecular weight is 514 g/mol. The minimum atomic E-state index is 0. The molecule has 2 heterocycles. The zero-order chi connectivity index (χ0) is 19.1. The van der Waals surface area contributed by atoms with E-state index in [-0.39, 0.29) is 24.0 Å². The van der Waals surface area contributed by atoms with Crippen molar-refractivity contribution in [1.82, 2.24) is 15.2 Å². The number of nitrogens with one attached hydrogen (secondary N) is 1. The quantitative estimate of drug-likeness (QED) is 0.345. The van der Waals surface area contributed by atoms with Crippen LogP contribution in [0.4, 0.5) is 0 Å². The topological polar surface area (TPSA) is 49.8 Å². The molecule has 5 nitrogen and oxygen atoms in total. The fourth-order valence-electron chi connectivity index (χ4n) is 3.50.